The van der Waals surface area contributed by atoms with E-state index in [1.165, 1.54) is 0 Å². The topological polar surface area (TPSA) is 58.5 Å². The van der Waals surface area contributed by atoms with Gasteiger partial charge in [-0.1, -0.05) is 59.7 Å². The van der Waals surface area contributed by atoms with Gasteiger partial charge in [-0.05, 0) is 56.2 Å². The zero-order chi connectivity index (χ0) is 22.5. The summed E-state index contributed by atoms with van der Waals surface area (Å²) in [7, 11) is 0. The highest BCUT2D eigenvalue weighted by atomic mass is 16.5. The van der Waals surface area contributed by atoms with Crippen LogP contribution in [0.25, 0.3) is 22.5 Å². The van der Waals surface area contributed by atoms with Gasteiger partial charge in [-0.15, -0.1) is 0 Å². The van der Waals surface area contributed by atoms with E-state index >= 15 is 0 Å². The Morgan fingerprint density at radius 3 is 2.03 bits per heavy atom. The van der Waals surface area contributed by atoms with Crippen LogP contribution in [-0.2, 0) is 0 Å². The molecule has 0 radical (unpaired) electrons. The second kappa shape index (κ2) is 9.36. The van der Waals surface area contributed by atoms with Crippen LogP contribution in [0.5, 0.6) is 5.75 Å². The zero-order valence-electron chi connectivity index (χ0n) is 18.4. The molecule has 0 fully saturated rings. The number of hydrogen-bond acceptors (Lipinski definition) is 4. The van der Waals surface area contributed by atoms with Crippen LogP contribution in [0.15, 0.2) is 82.2 Å². The highest BCUT2D eigenvalue weighted by Gasteiger charge is 2.22. The van der Waals surface area contributed by atoms with Gasteiger partial charge in [0.15, 0.2) is 0 Å². The Morgan fingerprint density at radius 1 is 0.875 bits per heavy atom. The molecule has 0 aliphatic heterocycles. The zero-order valence-corrected chi connectivity index (χ0v) is 18.4. The predicted molar refractivity (Wildman–Crippen MR) is 129 cm³/mol. The minimum absolute atomic E-state index is 0.299. The fourth-order valence-electron chi connectivity index (χ4n) is 3.47. The van der Waals surface area contributed by atoms with Crippen molar-refractivity contribution in [3.8, 4) is 34.3 Å². The van der Waals surface area contributed by atoms with E-state index < -0.39 is 0 Å². The first-order valence-corrected chi connectivity index (χ1v) is 10.6. The van der Waals surface area contributed by atoms with Gasteiger partial charge in [-0.2, -0.15) is 5.26 Å². The van der Waals surface area contributed by atoms with E-state index in [4.69, 9.17) is 9.15 Å². The van der Waals surface area contributed by atoms with Gasteiger partial charge in [0.1, 0.15) is 23.1 Å². The third kappa shape index (κ3) is 4.48. The SMILES string of the molecule is CCOc1ccc(C=Nc2oc(-c3ccc(C)cc3)c(-c3ccc(C)cc3)c2C#N)cc1. The molecule has 4 heteroatoms. The molecule has 1 aromatic heterocycles. The van der Waals surface area contributed by atoms with Gasteiger partial charge >= 0.3 is 0 Å². The van der Waals surface area contributed by atoms with Gasteiger partial charge in [-0.3, -0.25) is 0 Å². The Labute approximate surface area is 188 Å². The van der Waals surface area contributed by atoms with E-state index in [1.807, 2.05) is 93.6 Å². The average Bonchev–Trinajstić information content (AvgIpc) is 3.18. The van der Waals surface area contributed by atoms with E-state index in [-0.39, 0.29) is 0 Å². The molecule has 4 rings (SSSR count). The fourth-order valence-corrected chi connectivity index (χ4v) is 3.47. The average molecular weight is 421 g/mol. The number of ether oxygens (including phenoxy) is 1. The first-order chi connectivity index (χ1) is 15.6. The van der Waals surface area contributed by atoms with E-state index in [0.717, 1.165) is 39.1 Å². The lowest BCUT2D eigenvalue weighted by molar-refractivity contribution is 0.340. The molecule has 4 aromatic rings. The summed E-state index contributed by atoms with van der Waals surface area (Å²) in [5.74, 6) is 1.75. The lowest BCUT2D eigenvalue weighted by Gasteiger charge is -2.05. The summed E-state index contributed by atoms with van der Waals surface area (Å²) >= 11 is 0. The standard InChI is InChI=1S/C28H24N2O2/c1-4-31-24-15-9-21(10-16-24)18-30-28-25(17-29)26(22-11-5-19(2)6-12-22)27(32-28)23-13-7-20(3)8-14-23/h5-16,18H,4H2,1-3H3. The van der Waals surface area contributed by atoms with E-state index in [0.29, 0.717) is 23.8 Å². The Hall–Kier alpha value is -4.10. The summed E-state index contributed by atoms with van der Waals surface area (Å²) in [6.07, 6.45) is 1.70. The number of benzene rings is 3. The van der Waals surface area contributed by atoms with Crippen molar-refractivity contribution in [2.24, 2.45) is 4.99 Å². The van der Waals surface area contributed by atoms with Crippen LogP contribution in [-0.4, -0.2) is 12.8 Å². The molecule has 0 spiro atoms. The largest absolute Gasteiger partial charge is 0.494 e. The molecule has 0 aliphatic carbocycles. The van der Waals surface area contributed by atoms with Crippen molar-refractivity contribution in [3.05, 3.63) is 95.1 Å². The lowest BCUT2D eigenvalue weighted by atomic mass is 9.97. The van der Waals surface area contributed by atoms with Crippen LogP contribution >= 0.6 is 0 Å². The number of nitrogens with zero attached hydrogens (tertiary/aromatic N) is 2. The fraction of sp³-hybridized carbons (Fsp3) is 0.143. The third-order valence-corrected chi connectivity index (χ3v) is 5.18. The maximum absolute atomic E-state index is 10.0. The van der Waals surface area contributed by atoms with Crippen molar-refractivity contribution >= 4 is 12.1 Å². The first kappa shape index (κ1) is 21.1. The van der Waals surface area contributed by atoms with Crippen molar-refractivity contribution in [3.63, 3.8) is 0 Å². The van der Waals surface area contributed by atoms with Gasteiger partial charge in [0, 0.05) is 17.3 Å². The quantitative estimate of drug-likeness (QED) is 0.309. The molecule has 0 aliphatic rings. The van der Waals surface area contributed by atoms with Crippen LogP contribution in [0.2, 0.25) is 0 Å². The summed E-state index contributed by atoms with van der Waals surface area (Å²) in [6, 6.07) is 26.1. The molecule has 0 saturated carbocycles. The first-order valence-electron chi connectivity index (χ1n) is 10.6. The number of nitriles is 1. The summed E-state index contributed by atoms with van der Waals surface area (Å²) in [4.78, 5) is 4.54. The van der Waals surface area contributed by atoms with E-state index in [1.54, 1.807) is 6.21 Å². The third-order valence-electron chi connectivity index (χ3n) is 5.18. The van der Waals surface area contributed by atoms with Gasteiger partial charge in [0.05, 0.1) is 6.61 Å². The molecular formula is C28H24N2O2. The van der Waals surface area contributed by atoms with Crippen molar-refractivity contribution in [1.82, 2.24) is 0 Å². The van der Waals surface area contributed by atoms with Crippen LogP contribution in [0.1, 0.15) is 29.2 Å². The molecule has 158 valence electrons. The number of aliphatic imine (C=N–C) groups is 1. The molecule has 0 N–H and O–H groups in total. The maximum atomic E-state index is 10.0. The summed E-state index contributed by atoms with van der Waals surface area (Å²) in [5.41, 5.74) is 6.22. The van der Waals surface area contributed by atoms with Crippen LogP contribution in [0, 0.1) is 25.2 Å². The molecule has 0 saturated heterocycles. The summed E-state index contributed by atoms with van der Waals surface area (Å²) in [5, 5.41) is 10.0. The molecular weight excluding hydrogens is 396 g/mol. The van der Waals surface area contributed by atoms with Crippen molar-refractivity contribution in [2.45, 2.75) is 20.8 Å². The molecule has 0 amide bonds. The molecule has 0 atom stereocenters. The molecule has 3 aromatic carbocycles. The number of hydrogen-bond donors (Lipinski definition) is 0. The van der Waals surface area contributed by atoms with Gasteiger partial charge in [-0.25, -0.2) is 4.99 Å². The monoisotopic (exact) mass is 420 g/mol. The lowest BCUT2D eigenvalue weighted by Crippen LogP contribution is -1.91. The minimum Gasteiger partial charge on any atom is -0.494 e. The smallest absolute Gasteiger partial charge is 0.238 e. The van der Waals surface area contributed by atoms with Gasteiger partial charge < -0.3 is 9.15 Å². The summed E-state index contributed by atoms with van der Waals surface area (Å²) in [6.45, 7) is 6.65. The molecule has 4 nitrogen and oxygen atoms in total. The molecule has 32 heavy (non-hydrogen) atoms. The van der Waals surface area contributed by atoms with Crippen LogP contribution in [0.4, 0.5) is 5.88 Å². The molecule has 0 bridgehead atoms. The van der Waals surface area contributed by atoms with Crippen molar-refractivity contribution in [2.75, 3.05) is 6.61 Å². The van der Waals surface area contributed by atoms with E-state index in [2.05, 4.69) is 11.1 Å². The summed E-state index contributed by atoms with van der Waals surface area (Å²) < 4.78 is 11.7. The predicted octanol–water partition coefficient (Wildman–Crippen LogP) is 7.25. The van der Waals surface area contributed by atoms with Gasteiger partial charge in [0.25, 0.3) is 0 Å². The molecule has 0 unspecified atom stereocenters. The Bertz CT molecular complexity index is 1270. The second-order valence-corrected chi connectivity index (χ2v) is 7.59. The highest BCUT2D eigenvalue weighted by Crippen LogP contribution is 2.42. The molecule has 1 heterocycles. The van der Waals surface area contributed by atoms with E-state index in [9.17, 15) is 5.26 Å². The Morgan fingerprint density at radius 2 is 1.47 bits per heavy atom. The highest BCUT2D eigenvalue weighted by molar-refractivity contribution is 5.90. The number of furan rings is 1. The van der Waals surface area contributed by atoms with Gasteiger partial charge in [0.2, 0.25) is 5.88 Å². The Balaban J connectivity index is 1.80. The number of aryl methyl sites for hydroxylation is 2. The van der Waals surface area contributed by atoms with Crippen molar-refractivity contribution < 1.29 is 9.15 Å². The van der Waals surface area contributed by atoms with Crippen LogP contribution in [0.3, 0.4) is 0 Å². The second-order valence-electron chi connectivity index (χ2n) is 7.59. The van der Waals surface area contributed by atoms with Crippen LogP contribution < -0.4 is 4.74 Å². The maximum Gasteiger partial charge on any atom is 0.238 e. The van der Waals surface area contributed by atoms with Crippen molar-refractivity contribution in [1.29, 1.82) is 5.26 Å². The Kier molecular flexibility index (Phi) is 6.19. The number of rotatable bonds is 6. The normalized spacial score (nSPS) is 10.9. The minimum atomic E-state index is 0.299.